The van der Waals surface area contributed by atoms with Crippen LogP contribution in [0, 0.1) is 0 Å². The lowest BCUT2D eigenvalue weighted by Gasteiger charge is -2.14. The summed E-state index contributed by atoms with van der Waals surface area (Å²) in [5.74, 6) is -0.227. The molecule has 0 saturated heterocycles. The second-order valence-corrected chi connectivity index (χ2v) is 8.70. The number of hydrogen-bond donors (Lipinski definition) is 1. The molecule has 8 heteroatoms. The maximum atomic E-state index is 12.6. The van der Waals surface area contributed by atoms with E-state index in [1.165, 1.54) is 38.4 Å². The molecule has 30 heavy (non-hydrogen) atoms. The van der Waals surface area contributed by atoms with Crippen molar-refractivity contribution in [2.24, 2.45) is 0 Å². The largest absolute Gasteiger partial charge is 0.464 e. The summed E-state index contributed by atoms with van der Waals surface area (Å²) in [6.45, 7) is 0. The summed E-state index contributed by atoms with van der Waals surface area (Å²) in [6.07, 6.45) is 1.74. The molecule has 1 aromatic heterocycles. The van der Waals surface area contributed by atoms with Gasteiger partial charge in [-0.2, -0.15) is 0 Å². The van der Waals surface area contributed by atoms with Crippen molar-refractivity contribution in [3.63, 3.8) is 0 Å². The van der Waals surface area contributed by atoms with Crippen molar-refractivity contribution in [1.82, 2.24) is 4.47 Å². The number of nitrogens with one attached hydrogen (secondary N) is 1. The third kappa shape index (κ3) is 3.68. The van der Waals surface area contributed by atoms with E-state index in [1.807, 2.05) is 36.4 Å². The highest BCUT2D eigenvalue weighted by Crippen LogP contribution is 2.30. The first-order valence-electron chi connectivity index (χ1n) is 9.21. The normalized spacial score (nSPS) is 12.0. The van der Waals surface area contributed by atoms with Crippen LogP contribution < -0.4 is 5.32 Å². The number of carbonyl (C=O) groups is 1. The average Bonchev–Trinajstić information content (AvgIpc) is 3.16. The van der Waals surface area contributed by atoms with E-state index in [1.54, 1.807) is 6.26 Å². The van der Waals surface area contributed by atoms with Crippen LogP contribution in [0.2, 0.25) is 0 Å². The zero-order valence-electron chi connectivity index (χ0n) is 16.5. The SMILES string of the molecule is CON(C)S(=O)(=O)c1ccc(NC(=O)Cc2coc3ccc4ccccc4c23)cc1. The molecule has 0 unspecified atom stereocenters. The van der Waals surface area contributed by atoms with Crippen LogP contribution in [-0.4, -0.2) is 33.0 Å². The van der Waals surface area contributed by atoms with Gasteiger partial charge < -0.3 is 9.73 Å². The van der Waals surface area contributed by atoms with Gasteiger partial charge in [-0.1, -0.05) is 34.8 Å². The lowest BCUT2D eigenvalue weighted by molar-refractivity contribution is -0.115. The monoisotopic (exact) mass is 424 g/mol. The molecule has 0 radical (unpaired) electrons. The number of furan rings is 1. The van der Waals surface area contributed by atoms with Gasteiger partial charge in [0.15, 0.2) is 0 Å². The minimum Gasteiger partial charge on any atom is -0.464 e. The summed E-state index contributed by atoms with van der Waals surface area (Å²) in [5, 5.41) is 5.82. The van der Waals surface area contributed by atoms with Crippen molar-refractivity contribution in [2.75, 3.05) is 19.5 Å². The van der Waals surface area contributed by atoms with Gasteiger partial charge in [0, 0.05) is 23.7 Å². The van der Waals surface area contributed by atoms with Crippen LogP contribution >= 0.6 is 0 Å². The van der Waals surface area contributed by atoms with Gasteiger partial charge >= 0.3 is 0 Å². The number of hydrogen-bond acceptors (Lipinski definition) is 5. The molecule has 1 N–H and O–H groups in total. The molecular formula is C22H20N2O5S. The highest BCUT2D eigenvalue weighted by atomic mass is 32.2. The minimum absolute atomic E-state index is 0.0668. The Morgan fingerprint density at radius 2 is 1.80 bits per heavy atom. The van der Waals surface area contributed by atoms with E-state index in [-0.39, 0.29) is 17.2 Å². The van der Waals surface area contributed by atoms with E-state index in [2.05, 4.69) is 5.32 Å². The van der Waals surface area contributed by atoms with Gasteiger partial charge in [0.25, 0.3) is 10.0 Å². The van der Waals surface area contributed by atoms with E-state index in [0.29, 0.717) is 5.69 Å². The van der Waals surface area contributed by atoms with E-state index in [4.69, 9.17) is 9.25 Å². The quantitative estimate of drug-likeness (QED) is 0.474. The van der Waals surface area contributed by atoms with E-state index < -0.39 is 10.0 Å². The Morgan fingerprint density at radius 1 is 1.07 bits per heavy atom. The molecule has 154 valence electrons. The number of carbonyl (C=O) groups excluding carboxylic acids is 1. The second-order valence-electron chi connectivity index (χ2n) is 6.77. The predicted octanol–water partition coefficient (Wildman–Crippen LogP) is 3.95. The number of anilines is 1. The number of sulfonamides is 1. The van der Waals surface area contributed by atoms with E-state index in [9.17, 15) is 13.2 Å². The Bertz CT molecular complexity index is 1330. The van der Waals surface area contributed by atoms with Crippen LogP contribution in [0.4, 0.5) is 5.69 Å². The Balaban J connectivity index is 1.54. The molecule has 0 bridgehead atoms. The fourth-order valence-corrected chi connectivity index (χ4v) is 4.31. The second kappa shape index (κ2) is 7.91. The van der Waals surface area contributed by atoms with Crippen LogP contribution in [0.25, 0.3) is 21.7 Å². The molecule has 1 amide bonds. The van der Waals surface area contributed by atoms with Crippen LogP contribution in [0.1, 0.15) is 5.56 Å². The molecule has 0 saturated carbocycles. The maximum absolute atomic E-state index is 12.6. The summed E-state index contributed by atoms with van der Waals surface area (Å²) in [6, 6.07) is 17.7. The fourth-order valence-electron chi connectivity index (χ4n) is 3.34. The summed E-state index contributed by atoms with van der Waals surface area (Å²) < 4.78 is 30.9. The maximum Gasteiger partial charge on any atom is 0.264 e. The van der Waals surface area contributed by atoms with Gasteiger partial charge in [-0.15, -0.1) is 0 Å². The first-order valence-corrected chi connectivity index (χ1v) is 10.6. The van der Waals surface area contributed by atoms with Crippen LogP contribution in [0.5, 0.6) is 0 Å². The van der Waals surface area contributed by atoms with Crippen molar-refractivity contribution in [1.29, 1.82) is 0 Å². The number of nitrogens with zero attached hydrogens (tertiary/aromatic N) is 1. The summed E-state index contributed by atoms with van der Waals surface area (Å²) >= 11 is 0. The Labute approximate surface area is 173 Å². The first kappa shape index (κ1) is 20.1. The van der Waals surface area contributed by atoms with Crippen molar-refractivity contribution >= 4 is 43.4 Å². The Kier molecular flexibility index (Phi) is 5.29. The minimum atomic E-state index is -3.73. The zero-order chi connectivity index (χ0) is 21.3. The van der Waals surface area contributed by atoms with Gasteiger partial charge in [0.2, 0.25) is 5.91 Å². The molecule has 4 rings (SSSR count). The number of rotatable bonds is 6. The predicted molar refractivity (Wildman–Crippen MR) is 114 cm³/mol. The zero-order valence-corrected chi connectivity index (χ0v) is 17.3. The Morgan fingerprint density at radius 3 is 2.53 bits per heavy atom. The lowest BCUT2D eigenvalue weighted by Crippen LogP contribution is -2.25. The number of amides is 1. The number of benzene rings is 3. The highest BCUT2D eigenvalue weighted by molar-refractivity contribution is 7.89. The van der Waals surface area contributed by atoms with Crippen molar-refractivity contribution in [2.45, 2.75) is 11.3 Å². The third-order valence-corrected chi connectivity index (χ3v) is 6.62. The van der Waals surface area contributed by atoms with Gasteiger partial charge in [-0.25, -0.2) is 8.42 Å². The van der Waals surface area contributed by atoms with Gasteiger partial charge in [0.05, 0.1) is 24.7 Å². The smallest absolute Gasteiger partial charge is 0.264 e. The summed E-state index contributed by atoms with van der Waals surface area (Å²) in [7, 11) is -1.15. The van der Waals surface area contributed by atoms with Crippen LogP contribution in [0.3, 0.4) is 0 Å². The molecule has 0 fully saturated rings. The van der Waals surface area contributed by atoms with Gasteiger partial charge in [0.1, 0.15) is 5.58 Å². The van der Waals surface area contributed by atoms with Gasteiger partial charge in [-0.05, 0) is 41.1 Å². The van der Waals surface area contributed by atoms with Crippen LogP contribution in [0.15, 0.2) is 76.2 Å². The molecule has 4 aromatic rings. The number of fused-ring (bicyclic) bond motifs is 3. The molecule has 0 aliphatic heterocycles. The summed E-state index contributed by atoms with van der Waals surface area (Å²) in [4.78, 5) is 17.4. The van der Waals surface area contributed by atoms with E-state index >= 15 is 0 Å². The fraction of sp³-hybridized carbons (Fsp3) is 0.136. The van der Waals surface area contributed by atoms with Crippen molar-refractivity contribution in [3.05, 3.63) is 72.5 Å². The molecular weight excluding hydrogens is 404 g/mol. The molecule has 0 spiro atoms. The number of hydroxylamine groups is 1. The van der Waals surface area contributed by atoms with Crippen molar-refractivity contribution in [3.8, 4) is 0 Å². The molecule has 7 nitrogen and oxygen atoms in total. The van der Waals surface area contributed by atoms with Crippen molar-refractivity contribution < 1.29 is 22.5 Å². The molecule has 0 aliphatic carbocycles. The Hall–Kier alpha value is -3.20. The molecule has 1 heterocycles. The van der Waals surface area contributed by atoms with Crippen LogP contribution in [-0.2, 0) is 26.1 Å². The molecule has 3 aromatic carbocycles. The van der Waals surface area contributed by atoms with E-state index in [0.717, 1.165) is 31.8 Å². The van der Waals surface area contributed by atoms with Gasteiger partial charge in [-0.3, -0.25) is 9.63 Å². The molecule has 0 aliphatic rings. The lowest BCUT2D eigenvalue weighted by atomic mass is 10.0. The summed E-state index contributed by atoms with van der Waals surface area (Å²) in [5.41, 5.74) is 2.02. The highest BCUT2D eigenvalue weighted by Gasteiger charge is 2.20. The topological polar surface area (TPSA) is 88.9 Å². The third-order valence-electron chi connectivity index (χ3n) is 4.92. The molecule has 0 atom stereocenters. The first-order chi connectivity index (χ1) is 14.4. The standard InChI is InChI=1S/C22H20N2O5S/c1-24(28-2)30(26,27)18-10-8-17(9-11-18)23-21(25)13-16-14-29-20-12-7-15-5-3-4-6-19(15)22(16)20/h3-12,14H,13H2,1-2H3,(H,23,25). The average molecular weight is 424 g/mol.